The number of para-hydroxylation sites is 2. The molecule has 2 aromatic carbocycles. The normalized spacial score (nSPS) is 15.8. The highest BCUT2D eigenvalue weighted by molar-refractivity contribution is 6.42. The van der Waals surface area contributed by atoms with Crippen LogP contribution in [0.1, 0.15) is 23.7 Å². The number of carbonyl (C=O) groups excluding carboxylic acids is 2. The lowest BCUT2D eigenvalue weighted by Crippen LogP contribution is -2.50. The van der Waals surface area contributed by atoms with Gasteiger partial charge in [0.15, 0.2) is 6.10 Å². The van der Waals surface area contributed by atoms with Gasteiger partial charge in [0.05, 0.1) is 22.3 Å². The summed E-state index contributed by atoms with van der Waals surface area (Å²) < 4.78 is 5.80. The van der Waals surface area contributed by atoms with Gasteiger partial charge in [-0.1, -0.05) is 42.3 Å². The Hall–Kier alpha value is -2.24. The number of halogens is 2. The number of benzene rings is 2. The van der Waals surface area contributed by atoms with E-state index < -0.39 is 6.10 Å². The summed E-state index contributed by atoms with van der Waals surface area (Å²) in [6.45, 7) is 2.64. The molecular formula is C19H18Cl2N2O3. The molecular weight excluding hydrogens is 375 g/mol. The van der Waals surface area contributed by atoms with E-state index in [0.29, 0.717) is 33.6 Å². The molecule has 0 saturated carbocycles. The summed E-state index contributed by atoms with van der Waals surface area (Å²) in [5.74, 6) is -0.0234. The number of amides is 2. The molecule has 26 heavy (non-hydrogen) atoms. The van der Waals surface area contributed by atoms with Crippen LogP contribution in [0.25, 0.3) is 0 Å². The number of carbonyl (C=O) groups is 2. The molecule has 2 aromatic rings. The van der Waals surface area contributed by atoms with Crippen molar-refractivity contribution in [3.63, 3.8) is 0 Å². The molecule has 1 aliphatic rings. The van der Waals surface area contributed by atoms with Crippen molar-refractivity contribution in [2.45, 2.75) is 19.4 Å². The lowest BCUT2D eigenvalue weighted by Gasteiger charge is -2.34. The Kier molecular flexibility index (Phi) is 5.69. The predicted molar refractivity (Wildman–Crippen MR) is 102 cm³/mol. The highest BCUT2D eigenvalue weighted by Gasteiger charge is 2.34. The van der Waals surface area contributed by atoms with Crippen molar-refractivity contribution in [1.29, 1.82) is 0 Å². The van der Waals surface area contributed by atoms with Crippen molar-refractivity contribution in [2.75, 3.05) is 18.0 Å². The Bertz CT molecular complexity index is 841. The molecule has 0 radical (unpaired) electrons. The van der Waals surface area contributed by atoms with E-state index in [1.165, 1.54) is 11.0 Å². The van der Waals surface area contributed by atoms with E-state index in [9.17, 15) is 9.59 Å². The number of fused-ring (bicyclic) bond motifs is 1. The second-order valence-corrected chi connectivity index (χ2v) is 6.72. The fraction of sp³-hybridized carbons (Fsp3) is 0.263. The molecule has 3 rings (SSSR count). The predicted octanol–water partition coefficient (Wildman–Crippen LogP) is 3.93. The fourth-order valence-electron chi connectivity index (χ4n) is 2.71. The highest BCUT2D eigenvalue weighted by Crippen LogP contribution is 2.34. The van der Waals surface area contributed by atoms with Gasteiger partial charge in [0.2, 0.25) is 0 Å². The minimum absolute atomic E-state index is 0.117. The summed E-state index contributed by atoms with van der Waals surface area (Å²) >= 11 is 12.0. The molecule has 0 aromatic heterocycles. The number of ether oxygens (including phenoxy) is 1. The number of rotatable bonds is 4. The Labute approximate surface area is 161 Å². The number of nitrogens with zero attached hydrogens (tertiary/aromatic N) is 1. The molecule has 2 amide bonds. The van der Waals surface area contributed by atoms with Gasteiger partial charge in [-0.05, 0) is 36.8 Å². The van der Waals surface area contributed by atoms with Crippen molar-refractivity contribution in [3.05, 3.63) is 58.1 Å². The number of hydrogen-bond donors (Lipinski definition) is 1. The topological polar surface area (TPSA) is 58.6 Å². The molecule has 1 atom stereocenters. The summed E-state index contributed by atoms with van der Waals surface area (Å²) in [7, 11) is 0. The third kappa shape index (κ3) is 3.79. The Morgan fingerprint density at radius 2 is 1.96 bits per heavy atom. The molecule has 0 aliphatic carbocycles. The zero-order valence-corrected chi connectivity index (χ0v) is 15.7. The molecule has 1 N–H and O–H groups in total. The van der Waals surface area contributed by atoms with Crippen LogP contribution in [-0.2, 0) is 4.79 Å². The largest absolute Gasteiger partial charge is 0.477 e. The molecule has 0 unspecified atom stereocenters. The van der Waals surface area contributed by atoms with Gasteiger partial charge in [-0.2, -0.15) is 0 Å². The van der Waals surface area contributed by atoms with Crippen LogP contribution in [0, 0.1) is 0 Å². The second-order valence-electron chi connectivity index (χ2n) is 5.91. The van der Waals surface area contributed by atoms with Crippen LogP contribution in [0.2, 0.25) is 10.0 Å². The van der Waals surface area contributed by atoms with E-state index in [2.05, 4.69) is 5.32 Å². The summed E-state index contributed by atoms with van der Waals surface area (Å²) in [6.07, 6.45) is 0.0456. The zero-order valence-electron chi connectivity index (χ0n) is 14.2. The van der Waals surface area contributed by atoms with Crippen LogP contribution >= 0.6 is 23.2 Å². The molecule has 0 spiro atoms. The van der Waals surface area contributed by atoms with E-state index in [0.717, 1.165) is 6.42 Å². The Morgan fingerprint density at radius 1 is 1.19 bits per heavy atom. The summed E-state index contributed by atoms with van der Waals surface area (Å²) in [5, 5.41) is 3.49. The fourth-order valence-corrected chi connectivity index (χ4v) is 3.01. The maximum Gasteiger partial charge on any atom is 0.262 e. The van der Waals surface area contributed by atoms with Gasteiger partial charge in [0, 0.05) is 12.1 Å². The van der Waals surface area contributed by atoms with Gasteiger partial charge in [-0.15, -0.1) is 0 Å². The van der Waals surface area contributed by atoms with E-state index in [1.807, 2.05) is 13.0 Å². The maximum absolute atomic E-state index is 13.0. The van der Waals surface area contributed by atoms with Crippen LogP contribution < -0.4 is 15.0 Å². The monoisotopic (exact) mass is 392 g/mol. The number of hydrogen-bond acceptors (Lipinski definition) is 3. The lowest BCUT2D eigenvalue weighted by atomic mass is 10.1. The minimum Gasteiger partial charge on any atom is -0.477 e. The van der Waals surface area contributed by atoms with E-state index in [-0.39, 0.29) is 18.4 Å². The van der Waals surface area contributed by atoms with Gasteiger partial charge >= 0.3 is 0 Å². The minimum atomic E-state index is -0.775. The van der Waals surface area contributed by atoms with Crippen LogP contribution in [0.15, 0.2) is 42.5 Å². The van der Waals surface area contributed by atoms with E-state index in [4.69, 9.17) is 27.9 Å². The third-order valence-electron chi connectivity index (χ3n) is 4.03. The standard InChI is InChI=1S/C19H18Cl2N2O3/c1-2-9-22-18(24)17-11-23(15-5-3-4-6-16(15)26-17)19(25)12-7-8-13(20)14(21)10-12/h3-8,10,17H,2,9,11H2,1H3,(H,22,24)/t17-/m1/s1. The van der Waals surface area contributed by atoms with Gasteiger partial charge in [-0.25, -0.2) is 0 Å². The van der Waals surface area contributed by atoms with Gasteiger partial charge in [0.1, 0.15) is 5.75 Å². The SMILES string of the molecule is CCCNC(=O)[C@H]1CN(C(=O)c2ccc(Cl)c(Cl)c2)c2ccccc2O1. The smallest absolute Gasteiger partial charge is 0.262 e. The summed E-state index contributed by atoms with van der Waals surface area (Å²) in [6, 6.07) is 11.8. The van der Waals surface area contributed by atoms with E-state index >= 15 is 0 Å². The van der Waals surface area contributed by atoms with E-state index in [1.54, 1.807) is 30.3 Å². The van der Waals surface area contributed by atoms with Crippen LogP contribution in [0.3, 0.4) is 0 Å². The molecule has 0 bridgehead atoms. The Balaban J connectivity index is 1.92. The lowest BCUT2D eigenvalue weighted by molar-refractivity contribution is -0.127. The average molecular weight is 393 g/mol. The number of anilines is 1. The first kappa shape index (κ1) is 18.5. The summed E-state index contributed by atoms with van der Waals surface area (Å²) in [4.78, 5) is 26.9. The van der Waals surface area contributed by atoms with Crippen LogP contribution in [0.4, 0.5) is 5.69 Å². The molecule has 0 fully saturated rings. The molecule has 1 aliphatic heterocycles. The highest BCUT2D eigenvalue weighted by atomic mass is 35.5. The third-order valence-corrected chi connectivity index (χ3v) is 4.77. The van der Waals surface area contributed by atoms with Crippen LogP contribution in [0.5, 0.6) is 5.75 Å². The first-order valence-corrected chi connectivity index (χ1v) is 9.07. The molecule has 136 valence electrons. The average Bonchev–Trinajstić information content (AvgIpc) is 2.66. The van der Waals surface area contributed by atoms with Crippen molar-refractivity contribution in [2.24, 2.45) is 0 Å². The van der Waals surface area contributed by atoms with Crippen molar-refractivity contribution >= 4 is 40.7 Å². The van der Waals surface area contributed by atoms with Crippen LogP contribution in [-0.4, -0.2) is 31.0 Å². The van der Waals surface area contributed by atoms with Crippen molar-refractivity contribution < 1.29 is 14.3 Å². The summed E-state index contributed by atoms with van der Waals surface area (Å²) in [5.41, 5.74) is 1.01. The van der Waals surface area contributed by atoms with Gasteiger partial charge in [0.25, 0.3) is 11.8 Å². The van der Waals surface area contributed by atoms with Crippen molar-refractivity contribution in [1.82, 2.24) is 5.32 Å². The number of nitrogens with one attached hydrogen (secondary N) is 1. The quantitative estimate of drug-likeness (QED) is 0.857. The zero-order chi connectivity index (χ0) is 18.7. The first-order valence-electron chi connectivity index (χ1n) is 8.31. The maximum atomic E-state index is 13.0. The molecule has 1 heterocycles. The molecule has 7 heteroatoms. The first-order chi connectivity index (χ1) is 12.5. The van der Waals surface area contributed by atoms with Gasteiger partial charge < -0.3 is 15.0 Å². The molecule has 0 saturated heterocycles. The van der Waals surface area contributed by atoms with Gasteiger partial charge in [-0.3, -0.25) is 9.59 Å². The second kappa shape index (κ2) is 7.98. The molecule has 5 nitrogen and oxygen atoms in total. The van der Waals surface area contributed by atoms with Crippen molar-refractivity contribution in [3.8, 4) is 5.75 Å². The Morgan fingerprint density at radius 3 is 2.69 bits per heavy atom.